The predicted octanol–water partition coefficient (Wildman–Crippen LogP) is 6.76. The maximum Gasteiger partial charge on any atom is 0.338 e. The topological polar surface area (TPSA) is 123 Å². The number of carboxylic acid groups (broad SMARTS) is 1. The Morgan fingerprint density at radius 2 is 1.37 bits per heavy atom. The van der Waals surface area contributed by atoms with Gasteiger partial charge in [-0.1, -0.05) is 74.0 Å². The van der Waals surface area contributed by atoms with Crippen molar-refractivity contribution < 1.29 is 33.8 Å². The number of ether oxygens (including phenoxy) is 2. The van der Waals surface area contributed by atoms with Crippen LogP contribution in [0.3, 0.4) is 0 Å². The average molecular weight is 615 g/mol. The highest BCUT2D eigenvalue weighted by Crippen LogP contribution is 2.43. The average Bonchev–Trinajstić information content (AvgIpc) is 3.32. The number of imide groups is 1. The van der Waals surface area contributed by atoms with Crippen LogP contribution in [0.4, 0.5) is 0 Å². The van der Waals surface area contributed by atoms with Crippen molar-refractivity contribution in [3.8, 4) is 17.2 Å². The monoisotopic (exact) mass is 614 g/mol. The Kier molecular flexibility index (Phi) is 8.06. The van der Waals surface area contributed by atoms with Crippen LogP contribution < -0.4 is 9.47 Å². The van der Waals surface area contributed by atoms with E-state index in [2.05, 4.69) is 0 Å². The number of aliphatic imine (C=N–C) groups is 1. The second-order valence-corrected chi connectivity index (χ2v) is 11.0. The number of benzene rings is 4. The number of amides is 2. The van der Waals surface area contributed by atoms with E-state index in [4.69, 9.17) is 14.5 Å². The summed E-state index contributed by atoms with van der Waals surface area (Å²) in [5.74, 6) is -2.45. The van der Waals surface area contributed by atoms with Crippen LogP contribution in [-0.2, 0) is 4.79 Å². The van der Waals surface area contributed by atoms with Crippen LogP contribution in [0.1, 0.15) is 57.8 Å². The number of Topliss-reactive ketones (excluding diaryl/α,β-unsaturated/α-hetero) is 1. The number of nitrogens with zero attached hydrogens (tertiary/aromatic N) is 2. The van der Waals surface area contributed by atoms with Gasteiger partial charge in [0.15, 0.2) is 6.10 Å². The van der Waals surface area contributed by atoms with Crippen molar-refractivity contribution >= 4 is 29.3 Å². The molecule has 0 fully saturated rings. The van der Waals surface area contributed by atoms with Crippen molar-refractivity contribution in [2.24, 2.45) is 4.99 Å². The molecule has 2 aliphatic rings. The summed E-state index contributed by atoms with van der Waals surface area (Å²) in [6, 6.07) is 30.2. The molecule has 0 spiro atoms. The molecule has 230 valence electrons. The molecule has 2 heterocycles. The standard InChI is InChI=1S/C37H30N2O7/c1-3-13-30-33(46-26-17-8-5-9-18-26)37(36(43)44,39-34(41)28-20-10-11-21-29(28)35(39)42)23(2)31(38-30)32(40)24-14-12-19-27(22-24)45-25-15-6-4-7-16-25/h4-12,14-22,33H,3,13H2,1-2H3,(H,43,44). The van der Waals surface area contributed by atoms with Crippen molar-refractivity contribution in [3.05, 3.63) is 137 Å². The minimum Gasteiger partial charge on any atom is -0.481 e. The van der Waals surface area contributed by atoms with Crippen LogP contribution >= 0.6 is 0 Å². The third-order valence-corrected chi connectivity index (χ3v) is 8.13. The molecular formula is C37H30N2O7. The van der Waals surface area contributed by atoms with E-state index in [1.807, 2.05) is 25.1 Å². The highest BCUT2D eigenvalue weighted by molar-refractivity contribution is 6.25. The van der Waals surface area contributed by atoms with Crippen molar-refractivity contribution in [1.29, 1.82) is 0 Å². The number of para-hydroxylation sites is 2. The normalized spacial score (nSPS) is 19.0. The molecule has 6 rings (SSSR count). The predicted molar refractivity (Wildman–Crippen MR) is 170 cm³/mol. The first-order chi connectivity index (χ1) is 22.3. The van der Waals surface area contributed by atoms with Crippen LogP contribution in [0.15, 0.2) is 125 Å². The molecule has 9 nitrogen and oxygen atoms in total. The molecule has 0 saturated carbocycles. The quantitative estimate of drug-likeness (QED) is 0.155. The number of rotatable bonds is 10. The molecule has 1 N–H and O–H groups in total. The third-order valence-electron chi connectivity index (χ3n) is 8.13. The lowest BCUT2D eigenvalue weighted by atomic mass is 9.75. The molecule has 4 aromatic carbocycles. The number of allylic oxidation sites excluding steroid dienone is 1. The Hall–Kier alpha value is -5.83. The van der Waals surface area contributed by atoms with Crippen LogP contribution in [0.5, 0.6) is 17.2 Å². The van der Waals surface area contributed by atoms with E-state index in [1.165, 1.54) is 19.1 Å². The number of aliphatic carboxylic acids is 1. The fourth-order valence-electron chi connectivity index (χ4n) is 5.98. The van der Waals surface area contributed by atoms with Crippen LogP contribution in [-0.4, -0.2) is 50.9 Å². The Morgan fingerprint density at radius 3 is 1.96 bits per heavy atom. The van der Waals surface area contributed by atoms with Gasteiger partial charge in [0.1, 0.15) is 22.9 Å². The third kappa shape index (κ3) is 5.05. The SMILES string of the molecule is CCCC1=NC(C(=O)c2cccc(Oc3ccccc3)c2)=C(C)C(C(=O)O)(N2C(=O)c3ccccc3C2=O)C1Oc1ccccc1. The van der Waals surface area contributed by atoms with Gasteiger partial charge in [-0.15, -0.1) is 0 Å². The summed E-state index contributed by atoms with van der Waals surface area (Å²) in [4.78, 5) is 61.6. The van der Waals surface area contributed by atoms with E-state index in [-0.39, 0.29) is 40.1 Å². The molecule has 0 aromatic heterocycles. The van der Waals surface area contributed by atoms with E-state index >= 15 is 0 Å². The number of carboxylic acids is 1. The van der Waals surface area contributed by atoms with Gasteiger partial charge in [-0.2, -0.15) is 0 Å². The van der Waals surface area contributed by atoms with Crippen LogP contribution in [0.25, 0.3) is 0 Å². The van der Waals surface area contributed by atoms with E-state index in [1.54, 1.807) is 78.9 Å². The first kappa shape index (κ1) is 30.2. The van der Waals surface area contributed by atoms with E-state index < -0.39 is 35.2 Å². The lowest BCUT2D eigenvalue weighted by molar-refractivity contribution is -0.149. The largest absolute Gasteiger partial charge is 0.481 e. The molecule has 4 aromatic rings. The minimum atomic E-state index is -2.45. The second kappa shape index (κ2) is 12.3. The Labute approximate surface area is 265 Å². The zero-order chi connectivity index (χ0) is 32.4. The summed E-state index contributed by atoms with van der Waals surface area (Å²) in [6.07, 6.45) is -0.678. The molecule has 0 saturated heterocycles. The lowest BCUT2D eigenvalue weighted by Gasteiger charge is -2.45. The van der Waals surface area contributed by atoms with E-state index in [0.29, 0.717) is 23.7 Å². The number of fused-ring (bicyclic) bond motifs is 1. The first-order valence-corrected chi connectivity index (χ1v) is 14.9. The highest BCUT2D eigenvalue weighted by Gasteiger charge is 2.64. The van der Waals surface area contributed by atoms with Crippen LogP contribution in [0, 0.1) is 0 Å². The zero-order valence-electron chi connectivity index (χ0n) is 25.2. The summed E-state index contributed by atoms with van der Waals surface area (Å²) in [5, 5.41) is 11.2. The van der Waals surface area contributed by atoms with Gasteiger partial charge in [0.05, 0.1) is 16.8 Å². The smallest absolute Gasteiger partial charge is 0.338 e. The molecular weight excluding hydrogens is 584 g/mol. The zero-order valence-corrected chi connectivity index (χ0v) is 25.2. The van der Waals surface area contributed by atoms with Gasteiger partial charge in [-0.3, -0.25) is 14.4 Å². The molecule has 2 aliphatic heterocycles. The fourth-order valence-corrected chi connectivity index (χ4v) is 5.98. The number of hydrogen-bond donors (Lipinski definition) is 1. The number of carbonyl (C=O) groups is 4. The number of carbonyl (C=O) groups excluding carboxylic acids is 3. The van der Waals surface area contributed by atoms with Gasteiger partial charge >= 0.3 is 5.97 Å². The molecule has 9 heteroatoms. The second-order valence-electron chi connectivity index (χ2n) is 11.0. The minimum absolute atomic E-state index is 0.0672. The van der Waals surface area contributed by atoms with E-state index in [0.717, 1.165) is 4.90 Å². The summed E-state index contributed by atoms with van der Waals surface area (Å²) in [7, 11) is 0. The maximum absolute atomic E-state index is 14.3. The Morgan fingerprint density at radius 1 is 0.804 bits per heavy atom. The molecule has 0 radical (unpaired) electrons. The fraction of sp³-hybridized carbons (Fsp3) is 0.162. The lowest BCUT2D eigenvalue weighted by Crippen LogP contribution is -2.69. The van der Waals surface area contributed by atoms with Crippen molar-refractivity contribution in [1.82, 2.24) is 4.90 Å². The number of ketones is 1. The van der Waals surface area contributed by atoms with Gasteiger partial charge in [0, 0.05) is 5.56 Å². The van der Waals surface area contributed by atoms with Gasteiger partial charge in [0.25, 0.3) is 11.8 Å². The molecule has 2 unspecified atom stereocenters. The Balaban J connectivity index is 1.54. The number of hydrogen-bond acceptors (Lipinski definition) is 7. The highest BCUT2D eigenvalue weighted by atomic mass is 16.5. The van der Waals surface area contributed by atoms with E-state index in [9.17, 15) is 24.3 Å². The van der Waals surface area contributed by atoms with Gasteiger partial charge in [-0.05, 0) is 67.4 Å². The maximum atomic E-state index is 14.3. The molecule has 0 bridgehead atoms. The first-order valence-electron chi connectivity index (χ1n) is 14.9. The van der Waals surface area contributed by atoms with Crippen LogP contribution in [0.2, 0.25) is 0 Å². The molecule has 46 heavy (non-hydrogen) atoms. The Bertz CT molecular complexity index is 1880. The van der Waals surface area contributed by atoms with Gasteiger partial charge in [-0.25, -0.2) is 14.7 Å². The molecule has 2 atom stereocenters. The van der Waals surface area contributed by atoms with Crippen molar-refractivity contribution in [3.63, 3.8) is 0 Å². The molecule has 0 aliphatic carbocycles. The summed E-state index contributed by atoms with van der Waals surface area (Å²) >= 11 is 0. The summed E-state index contributed by atoms with van der Waals surface area (Å²) in [6.45, 7) is 3.30. The summed E-state index contributed by atoms with van der Waals surface area (Å²) < 4.78 is 12.3. The van der Waals surface area contributed by atoms with Gasteiger partial charge < -0.3 is 14.6 Å². The molecule has 2 amide bonds. The van der Waals surface area contributed by atoms with Crippen molar-refractivity contribution in [2.75, 3.05) is 0 Å². The summed E-state index contributed by atoms with van der Waals surface area (Å²) in [5.41, 5.74) is -2.20. The van der Waals surface area contributed by atoms with Gasteiger partial charge in [0.2, 0.25) is 11.3 Å². The van der Waals surface area contributed by atoms with Crippen molar-refractivity contribution in [2.45, 2.75) is 38.3 Å².